The number of halogens is 1. The van der Waals surface area contributed by atoms with Crippen LogP contribution in [-0.4, -0.2) is 88.6 Å². The van der Waals surface area contributed by atoms with Gasteiger partial charge in [-0.3, -0.25) is 4.90 Å². The van der Waals surface area contributed by atoms with E-state index in [4.69, 9.17) is 30.8 Å². The molecule has 6 heterocycles. The molecule has 3 unspecified atom stereocenters. The van der Waals surface area contributed by atoms with Crippen LogP contribution in [0.5, 0.6) is 11.8 Å². The van der Waals surface area contributed by atoms with Crippen LogP contribution in [0, 0.1) is 25.1 Å². The Kier molecular flexibility index (Phi) is 6.82. The van der Waals surface area contributed by atoms with Crippen molar-refractivity contribution in [2.45, 2.75) is 62.8 Å². The first kappa shape index (κ1) is 28.4. The van der Waals surface area contributed by atoms with Crippen molar-refractivity contribution >= 4 is 27.5 Å². The molecule has 0 aliphatic carbocycles. The molecule has 4 fully saturated rings. The number of nitrogens with one attached hydrogen (secondary N) is 1. The summed E-state index contributed by atoms with van der Waals surface area (Å²) in [6.45, 7) is 5.69. The Balaban J connectivity index is 1.28. The van der Waals surface area contributed by atoms with Crippen LogP contribution in [0.3, 0.4) is 0 Å². The maximum atomic E-state index is 17.0. The van der Waals surface area contributed by atoms with E-state index in [-0.39, 0.29) is 34.6 Å². The number of benzene rings is 2. The number of phenolic OH excluding ortho intramolecular Hbond substituents is 1. The minimum absolute atomic E-state index is 0.000567. The Morgan fingerprint density at radius 1 is 1.13 bits per heavy atom. The van der Waals surface area contributed by atoms with Crippen molar-refractivity contribution in [2.75, 3.05) is 44.8 Å². The number of aryl methyl sites for hydroxylation is 1. The maximum Gasteiger partial charge on any atom is 0.319 e. The highest BCUT2D eigenvalue weighted by atomic mass is 19.1. The number of hydrogen-bond donors (Lipinski definition) is 2. The summed E-state index contributed by atoms with van der Waals surface area (Å²) in [7, 11) is 1.76. The first-order valence-electron chi connectivity index (χ1n) is 15.9. The molecule has 4 atom stereocenters. The highest BCUT2D eigenvalue weighted by Gasteiger charge is 2.49. The number of piperazine rings is 1. The van der Waals surface area contributed by atoms with Crippen LogP contribution in [0.15, 0.2) is 30.3 Å². The summed E-state index contributed by atoms with van der Waals surface area (Å²) < 4.78 is 29.1. The monoisotopic (exact) mass is 608 g/mol. The Morgan fingerprint density at radius 3 is 2.73 bits per heavy atom. The van der Waals surface area contributed by atoms with Crippen LogP contribution >= 0.6 is 0 Å². The third kappa shape index (κ3) is 4.68. The van der Waals surface area contributed by atoms with Crippen LogP contribution in [0.25, 0.3) is 32.9 Å². The quantitative estimate of drug-likeness (QED) is 0.306. The van der Waals surface area contributed by atoms with Crippen LogP contribution < -0.4 is 15.0 Å². The molecule has 45 heavy (non-hydrogen) atoms. The van der Waals surface area contributed by atoms with Crippen molar-refractivity contribution in [1.29, 1.82) is 0 Å². The third-order valence-corrected chi connectivity index (χ3v) is 10.4. The zero-order valence-electron chi connectivity index (χ0n) is 25.6. The highest BCUT2D eigenvalue weighted by molar-refractivity contribution is 6.03. The molecule has 2 bridgehead atoms. The van der Waals surface area contributed by atoms with E-state index in [0.29, 0.717) is 57.5 Å². The molecule has 8 rings (SSSR count). The van der Waals surface area contributed by atoms with Crippen molar-refractivity contribution in [3.63, 3.8) is 0 Å². The van der Waals surface area contributed by atoms with Crippen molar-refractivity contribution in [3.8, 4) is 35.4 Å². The van der Waals surface area contributed by atoms with Crippen LogP contribution in [0.4, 0.5) is 10.2 Å². The van der Waals surface area contributed by atoms with Crippen LogP contribution in [0.2, 0.25) is 0 Å². The van der Waals surface area contributed by atoms with Gasteiger partial charge in [0.2, 0.25) is 0 Å². The summed E-state index contributed by atoms with van der Waals surface area (Å²) in [6, 6.07) is 9.49. The second-order valence-corrected chi connectivity index (χ2v) is 13.1. The largest absolute Gasteiger partial charge is 0.508 e. The van der Waals surface area contributed by atoms with Gasteiger partial charge in [0.05, 0.1) is 22.7 Å². The van der Waals surface area contributed by atoms with Crippen molar-refractivity contribution in [3.05, 3.63) is 47.4 Å². The van der Waals surface area contributed by atoms with Gasteiger partial charge in [0, 0.05) is 55.3 Å². The van der Waals surface area contributed by atoms with Crippen LogP contribution in [-0.2, 0) is 4.74 Å². The van der Waals surface area contributed by atoms with Gasteiger partial charge in [-0.25, -0.2) is 9.37 Å². The van der Waals surface area contributed by atoms with Gasteiger partial charge in [-0.1, -0.05) is 18.1 Å². The summed E-state index contributed by atoms with van der Waals surface area (Å²) in [5.41, 5.74) is 1.70. The first-order valence-corrected chi connectivity index (χ1v) is 15.9. The van der Waals surface area contributed by atoms with Crippen molar-refractivity contribution in [1.82, 2.24) is 25.2 Å². The lowest BCUT2D eigenvalue weighted by molar-refractivity contribution is 0.0997. The molecule has 4 saturated heterocycles. The third-order valence-electron chi connectivity index (χ3n) is 10.4. The number of rotatable bonds is 6. The molecule has 0 radical (unpaired) electrons. The van der Waals surface area contributed by atoms with Gasteiger partial charge in [0.1, 0.15) is 29.4 Å². The number of fused-ring (bicyclic) bond motifs is 5. The molecule has 2 N–H and O–H groups in total. The Labute approximate surface area is 261 Å². The Morgan fingerprint density at radius 2 is 1.96 bits per heavy atom. The lowest BCUT2D eigenvalue weighted by Gasteiger charge is -2.35. The van der Waals surface area contributed by atoms with E-state index in [1.165, 1.54) is 6.07 Å². The lowest BCUT2D eigenvalue weighted by Crippen LogP contribution is -2.51. The normalized spacial score (nSPS) is 26.1. The van der Waals surface area contributed by atoms with Gasteiger partial charge in [0.25, 0.3) is 0 Å². The first-order chi connectivity index (χ1) is 21.9. The summed E-state index contributed by atoms with van der Waals surface area (Å²) in [4.78, 5) is 19.2. The molecule has 2 aromatic heterocycles. The predicted molar refractivity (Wildman–Crippen MR) is 171 cm³/mol. The SMILES string of the molecule is C#Cc1cccc2cc(O)cc(-c3nc(C)c4c(N5CC6CCC(C5)N6)nc(OCC56CCCN5C[C@H](OC)C6)nc4c3F)c12. The molecule has 4 aliphatic rings. The van der Waals surface area contributed by atoms with E-state index >= 15 is 4.39 Å². The number of anilines is 1. The van der Waals surface area contributed by atoms with Crippen molar-refractivity contribution < 1.29 is 19.0 Å². The van der Waals surface area contributed by atoms with E-state index in [0.717, 1.165) is 58.3 Å². The van der Waals surface area contributed by atoms with E-state index in [1.54, 1.807) is 13.2 Å². The highest BCUT2D eigenvalue weighted by Crippen LogP contribution is 2.42. The molecule has 9 nitrogen and oxygen atoms in total. The molecule has 2 aromatic carbocycles. The zero-order chi connectivity index (χ0) is 30.9. The molecular weight excluding hydrogens is 571 g/mol. The second kappa shape index (κ2) is 10.8. The average Bonchev–Trinajstić information content (AvgIpc) is 3.71. The van der Waals surface area contributed by atoms with E-state index < -0.39 is 5.82 Å². The summed E-state index contributed by atoms with van der Waals surface area (Å²) in [5.74, 6) is 2.77. The number of methoxy groups -OCH3 is 1. The second-order valence-electron chi connectivity index (χ2n) is 13.1. The molecular formula is C35H37FN6O3. The Bertz CT molecular complexity index is 1860. The van der Waals surface area contributed by atoms with Gasteiger partial charge < -0.3 is 24.8 Å². The standard InChI is InChI=1S/C35H37FN6O3/c1-4-21-7-5-8-22-13-25(43)14-27(29(21)22)31-30(36)32-28(20(2)37-31)33(41-16-23-9-10-24(17-41)38-23)40-34(39-32)45-19-35-11-6-12-42(35)18-26(15-35)44-3/h1,5,7-8,13-14,23-24,26,38,43H,6,9-12,15-19H2,2-3H3/t23?,24?,26-,35?/m1/s1. The molecule has 10 heteroatoms. The van der Waals surface area contributed by atoms with Gasteiger partial charge >= 0.3 is 6.01 Å². The molecule has 0 amide bonds. The number of hydrogen-bond acceptors (Lipinski definition) is 9. The molecule has 0 spiro atoms. The fourth-order valence-corrected chi connectivity index (χ4v) is 8.29. The summed E-state index contributed by atoms with van der Waals surface area (Å²) in [6.07, 6.45) is 11.2. The zero-order valence-corrected chi connectivity index (χ0v) is 25.6. The molecule has 0 saturated carbocycles. The lowest BCUT2D eigenvalue weighted by atomic mass is 9.94. The van der Waals surface area contributed by atoms with Gasteiger partial charge in [-0.15, -0.1) is 6.42 Å². The number of ether oxygens (including phenoxy) is 2. The molecule has 4 aliphatic heterocycles. The van der Waals surface area contributed by atoms with Crippen LogP contribution in [0.1, 0.15) is 43.4 Å². The fraction of sp³-hybridized carbons (Fsp3) is 0.457. The van der Waals surface area contributed by atoms with E-state index in [1.807, 2.05) is 25.1 Å². The summed E-state index contributed by atoms with van der Waals surface area (Å²) in [5, 5.41) is 16.2. The minimum atomic E-state index is -0.595. The number of terminal acetylenes is 1. The van der Waals surface area contributed by atoms with Crippen molar-refractivity contribution in [2.24, 2.45) is 0 Å². The topological polar surface area (TPSA) is 95.9 Å². The minimum Gasteiger partial charge on any atom is -0.508 e. The number of aromatic nitrogens is 3. The number of nitrogens with zero attached hydrogens (tertiary/aromatic N) is 5. The number of pyridine rings is 1. The van der Waals surface area contributed by atoms with Gasteiger partial charge in [0.15, 0.2) is 5.82 Å². The molecule has 232 valence electrons. The fourth-order valence-electron chi connectivity index (χ4n) is 8.29. The average molecular weight is 609 g/mol. The number of aromatic hydroxyl groups is 1. The molecule has 4 aromatic rings. The smallest absolute Gasteiger partial charge is 0.319 e. The predicted octanol–water partition coefficient (Wildman–Crippen LogP) is 4.55. The van der Waals surface area contributed by atoms with Gasteiger partial charge in [-0.2, -0.15) is 9.97 Å². The Hall–Kier alpha value is -4.04. The maximum absolute atomic E-state index is 17.0. The van der Waals surface area contributed by atoms with Gasteiger partial charge in [-0.05, 0) is 69.2 Å². The number of phenols is 1. The summed E-state index contributed by atoms with van der Waals surface area (Å²) >= 11 is 0. The van der Waals surface area contributed by atoms with E-state index in [2.05, 4.69) is 21.0 Å². The van der Waals surface area contributed by atoms with E-state index in [9.17, 15) is 5.11 Å².